The highest BCUT2D eigenvalue weighted by atomic mass is 32.1. The second-order valence-corrected chi connectivity index (χ2v) is 8.78. The maximum atomic E-state index is 12.5. The van der Waals surface area contributed by atoms with Gasteiger partial charge in [-0.15, -0.1) is 11.3 Å². The zero-order chi connectivity index (χ0) is 19.8. The van der Waals surface area contributed by atoms with E-state index in [1.165, 1.54) is 11.3 Å². The van der Waals surface area contributed by atoms with Crippen LogP contribution in [0.2, 0.25) is 0 Å². The van der Waals surface area contributed by atoms with Gasteiger partial charge in [0.15, 0.2) is 5.13 Å². The first-order chi connectivity index (χ1) is 14.1. The molecule has 1 saturated carbocycles. The maximum Gasteiger partial charge on any atom is 0.240 e. The van der Waals surface area contributed by atoms with E-state index in [-0.39, 0.29) is 11.3 Å². The smallest absolute Gasteiger partial charge is 0.240 e. The lowest BCUT2D eigenvalue weighted by Crippen LogP contribution is -2.35. The van der Waals surface area contributed by atoms with Crippen molar-refractivity contribution in [2.75, 3.05) is 25.0 Å². The molecule has 2 atom stereocenters. The number of hydrogen-bond donors (Lipinski definition) is 1. The Morgan fingerprint density at radius 1 is 1.45 bits per heavy atom. The van der Waals surface area contributed by atoms with Crippen molar-refractivity contribution in [3.05, 3.63) is 41.5 Å². The summed E-state index contributed by atoms with van der Waals surface area (Å²) >= 11 is 1.45. The summed E-state index contributed by atoms with van der Waals surface area (Å²) in [6.45, 7) is 3.90. The summed E-state index contributed by atoms with van der Waals surface area (Å²) in [5.41, 5.74) is 1.60. The molecule has 29 heavy (non-hydrogen) atoms. The van der Waals surface area contributed by atoms with E-state index in [9.17, 15) is 4.79 Å². The van der Waals surface area contributed by atoms with E-state index in [4.69, 9.17) is 9.51 Å². The van der Waals surface area contributed by atoms with Crippen molar-refractivity contribution >= 4 is 22.4 Å². The van der Waals surface area contributed by atoms with Crippen molar-refractivity contribution in [2.24, 2.45) is 5.92 Å². The normalized spacial score (nSPS) is 24.0. The van der Waals surface area contributed by atoms with Crippen LogP contribution in [0, 0.1) is 12.8 Å². The topological polar surface area (TPSA) is 97.0 Å². The quantitative estimate of drug-likeness (QED) is 0.691. The number of hydrogen-bond acceptors (Lipinski definition) is 8. The number of rotatable bonds is 5. The van der Waals surface area contributed by atoms with E-state index in [0.29, 0.717) is 29.3 Å². The molecule has 8 nitrogen and oxygen atoms in total. The highest BCUT2D eigenvalue weighted by molar-refractivity contribution is 7.13. The van der Waals surface area contributed by atoms with Gasteiger partial charge in [0.25, 0.3) is 0 Å². The Bertz CT molecular complexity index is 1020. The second-order valence-electron chi connectivity index (χ2n) is 7.92. The Kier molecular flexibility index (Phi) is 4.63. The van der Waals surface area contributed by atoms with Crippen molar-refractivity contribution in [3.63, 3.8) is 0 Å². The van der Waals surface area contributed by atoms with Crippen LogP contribution in [0.4, 0.5) is 5.13 Å². The van der Waals surface area contributed by atoms with Gasteiger partial charge in [0.1, 0.15) is 0 Å². The van der Waals surface area contributed by atoms with Gasteiger partial charge in [-0.25, -0.2) is 4.98 Å². The lowest BCUT2D eigenvalue weighted by Gasteiger charge is -2.24. The van der Waals surface area contributed by atoms with Crippen LogP contribution in [0.25, 0.3) is 11.4 Å². The Hall–Kier alpha value is -2.65. The number of aryl methyl sites for hydroxylation is 1. The summed E-state index contributed by atoms with van der Waals surface area (Å²) in [6.07, 6.45) is 6.74. The zero-order valence-corrected chi connectivity index (χ0v) is 17.0. The molecule has 150 valence electrons. The predicted molar refractivity (Wildman–Crippen MR) is 108 cm³/mol. The van der Waals surface area contributed by atoms with E-state index >= 15 is 0 Å². The summed E-state index contributed by atoms with van der Waals surface area (Å²) in [5, 5.41) is 9.68. The number of fused-ring (bicyclic) bond motifs is 1. The highest BCUT2D eigenvalue weighted by Crippen LogP contribution is 2.50. The third-order valence-corrected chi connectivity index (χ3v) is 6.82. The molecule has 9 heteroatoms. The van der Waals surface area contributed by atoms with Crippen LogP contribution >= 0.6 is 11.3 Å². The SMILES string of the molecule is Cc1csc(NC(=O)CN2C[C@H]3CCC[C@@]3(c3nc(-c4cccnc4)no3)C2)n1. The molecule has 0 unspecified atom stereocenters. The van der Waals surface area contributed by atoms with Crippen molar-refractivity contribution in [3.8, 4) is 11.4 Å². The van der Waals surface area contributed by atoms with E-state index < -0.39 is 0 Å². The average Bonchev–Trinajstić information content (AvgIpc) is 3.46. The van der Waals surface area contributed by atoms with Crippen LogP contribution in [0.3, 0.4) is 0 Å². The van der Waals surface area contributed by atoms with Crippen molar-refractivity contribution in [1.29, 1.82) is 0 Å². The molecule has 2 aliphatic rings. The van der Waals surface area contributed by atoms with Gasteiger partial charge in [0, 0.05) is 36.4 Å². The number of carbonyl (C=O) groups is 1. The molecule has 1 saturated heterocycles. The minimum absolute atomic E-state index is 0.0314. The van der Waals surface area contributed by atoms with Crippen LogP contribution in [-0.4, -0.2) is 50.5 Å². The summed E-state index contributed by atoms with van der Waals surface area (Å²) in [4.78, 5) is 27.9. The third kappa shape index (κ3) is 3.44. The third-order valence-electron chi connectivity index (χ3n) is 5.95. The molecule has 3 aromatic heterocycles. The monoisotopic (exact) mass is 410 g/mol. The fourth-order valence-electron chi connectivity index (χ4n) is 4.67. The molecule has 1 N–H and O–H groups in total. The lowest BCUT2D eigenvalue weighted by molar-refractivity contribution is -0.117. The first-order valence-corrected chi connectivity index (χ1v) is 10.7. The van der Waals surface area contributed by atoms with Crippen LogP contribution < -0.4 is 5.32 Å². The number of likely N-dealkylation sites (tertiary alicyclic amines) is 1. The number of thiazole rings is 1. The van der Waals surface area contributed by atoms with Crippen LogP contribution in [0.15, 0.2) is 34.4 Å². The zero-order valence-electron chi connectivity index (χ0n) is 16.2. The molecule has 0 bridgehead atoms. The molecule has 0 radical (unpaired) electrons. The molecule has 0 spiro atoms. The first-order valence-electron chi connectivity index (χ1n) is 9.81. The Morgan fingerprint density at radius 3 is 3.17 bits per heavy atom. The summed E-state index contributed by atoms with van der Waals surface area (Å²) < 4.78 is 5.73. The second kappa shape index (κ2) is 7.31. The number of carbonyl (C=O) groups excluding carboxylic acids is 1. The molecular formula is C20H22N6O2S. The predicted octanol–water partition coefficient (Wildman–Crippen LogP) is 2.89. The summed E-state index contributed by atoms with van der Waals surface area (Å²) in [5.74, 6) is 1.66. The van der Waals surface area contributed by atoms with Crippen LogP contribution in [-0.2, 0) is 10.2 Å². The molecular weight excluding hydrogens is 388 g/mol. The molecule has 0 aromatic carbocycles. The number of nitrogens with one attached hydrogen (secondary N) is 1. The Morgan fingerprint density at radius 2 is 2.38 bits per heavy atom. The minimum atomic E-state index is -0.161. The number of anilines is 1. The molecule has 2 fully saturated rings. The Labute approximate surface area is 172 Å². The van der Waals surface area contributed by atoms with Gasteiger partial charge in [-0.1, -0.05) is 11.6 Å². The largest absolute Gasteiger partial charge is 0.338 e. The number of aromatic nitrogens is 4. The minimum Gasteiger partial charge on any atom is -0.338 e. The molecule has 5 rings (SSSR count). The van der Waals surface area contributed by atoms with Gasteiger partial charge in [0.05, 0.1) is 17.7 Å². The fourth-order valence-corrected chi connectivity index (χ4v) is 5.38. The van der Waals surface area contributed by atoms with Crippen LogP contribution in [0.5, 0.6) is 0 Å². The fraction of sp³-hybridized carbons (Fsp3) is 0.450. The molecule has 1 aliphatic carbocycles. The van der Waals surface area contributed by atoms with Gasteiger partial charge in [-0.2, -0.15) is 4.98 Å². The number of pyridine rings is 1. The molecule has 3 aromatic rings. The van der Waals surface area contributed by atoms with E-state index in [1.807, 2.05) is 24.4 Å². The number of nitrogens with zero attached hydrogens (tertiary/aromatic N) is 5. The summed E-state index contributed by atoms with van der Waals surface area (Å²) in [7, 11) is 0. The van der Waals surface area contributed by atoms with Gasteiger partial charge >= 0.3 is 0 Å². The average molecular weight is 411 g/mol. The van der Waals surface area contributed by atoms with Crippen molar-refractivity contribution < 1.29 is 9.32 Å². The highest BCUT2D eigenvalue weighted by Gasteiger charge is 2.54. The van der Waals surface area contributed by atoms with E-state index in [1.54, 1.807) is 12.4 Å². The van der Waals surface area contributed by atoms with Gasteiger partial charge in [-0.05, 0) is 37.8 Å². The van der Waals surface area contributed by atoms with Crippen LogP contribution in [0.1, 0.15) is 30.8 Å². The van der Waals surface area contributed by atoms with Gasteiger partial charge in [-0.3, -0.25) is 14.7 Å². The number of amides is 1. The Balaban J connectivity index is 1.31. The lowest BCUT2D eigenvalue weighted by atomic mass is 9.80. The van der Waals surface area contributed by atoms with Crippen molar-refractivity contribution in [1.82, 2.24) is 25.0 Å². The van der Waals surface area contributed by atoms with Crippen molar-refractivity contribution in [2.45, 2.75) is 31.6 Å². The molecule has 4 heterocycles. The summed E-state index contributed by atoms with van der Waals surface area (Å²) in [6, 6.07) is 3.79. The van der Waals surface area contributed by atoms with Gasteiger partial charge in [0.2, 0.25) is 17.6 Å². The van der Waals surface area contributed by atoms with E-state index in [2.05, 4.69) is 25.3 Å². The molecule has 1 amide bonds. The first kappa shape index (κ1) is 18.4. The van der Waals surface area contributed by atoms with Gasteiger partial charge < -0.3 is 9.84 Å². The van der Waals surface area contributed by atoms with E-state index in [0.717, 1.165) is 43.6 Å². The molecule has 1 aliphatic heterocycles. The maximum absolute atomic E-state index is 12.5. The standard InChI is InChI=1S/C20H22N6O2S/c1-13-11-29-19(22-13)23-16(27)10-26-9-15-5-2-6-20(15,12-26)18-24-17(25-28-18)14-4-3-7-21-8-14/h3-4,7-8,11,15H,2,5-6,9-10,12H2,1H3,(H,22,23,27)/t15-,20-/m1/s1.